The second kappa shape index (κ2) is 4.63. The summed E-state index contributed by atoms with van der Waals surface area (Å²) in [4.78, 5) is 11.8. The van der Waals surface area contributed by atoms with Gasteiger partial charge in [0.1, 0.15) is 0 Å². The number of amides is 2. The molecule has 1 fully saturated rings. The lowest BCUT2D eigenvalue weighted by molar-refractivity contribution is 0.213. The van der Waals surface area contributed by atoms with Crippen molar-refractivity contribution in [3.63, 3.8) is 0 Å². The minimum Gasteiger partial charge on any atom is -0.335 e. The predicted molar refractivity (Wildman–Crippen MR) is 72.8 cm³/mol. The van der Waals surface area contributed by atoms with E-state index >= 15 is 0 Å². The van der Waals surface area contributed by atoms with Crippen molar-refractivity contribution in [3.8, 4) is 0 Å². The fourth-order valence-corrected chi connectivity index (χ4v) is 2.87. The van der Waals surface area contributed by atoms with Gasteiger partial charge >= 0.3 is 6.03 Å². The van der Waals surface area contributed by atoms with Gasteiger partial charge in [-0.05, 0) is 61.3 Å². The van der Waals surface area contributed by atoms with Crippen LogP contribution in [0.4, 0.5) is 10.5 Å². The summed E-state index contributed by atoms with van der Waals surface area (Å²) in [7, 11) is 0. The summed E-state index contributed by atoms with van der Waals surface area (Å²) in [5.41, 5.74) is 3.75. The van der Waals surface area contributed by atoms with E-state index in [4.69, 9.17) is 0 Å². The molecule has 3 rings (SSSR count). The van der Waals surface area contributed by atoms with Crippen molar-refractivity contribution in [2.75, 3.05) is 5.32 Å². The van der Waals surface area contributed by atoms with Crippen LogP contribution in [0.1, 0.15) is 37.3 Å². The van der Waals surface area contributed by atoms with Crippen molar-refractivity contribution in [1.29, 1.82) is 0 Å². The van der Waals surface area contributed by atoms with Crippen molar-refractivity contribution in [1.82, 2.24) is 5.32 Å². The third kappa shape index (κ3) is 2.22. The summed E-state index contributed by atoms with van der Waals surface area (Å²) >= 11 is 0. The molecule has 18 heavy (non-hydrogen) atoms. The van der Waals surface area contributed by atoms with E-state index in [1.165, 1.54) is 30.4 Å². The maximum Gasteiger partial charge on any atom is 0.319 e. The molecule has 2 aliphatic rings. The van der Waals surface area contributed by atoms with E-state index in [9.17, 15) is 4.79 Å². The Bertz CT molecular complexity index is 470. The van der Waals surface area contributed by atoms with Gasteiger partial charge in [-0.3, -0.25) is 0 Å². The molecule has 3 nitrogen and oxygen atoms in total. The lowest BCUT2D eigenvalue weighted by atomic mass is 9.81. The lowest BCUT2D eigenvalue weighted by Crippen LogP contribution is -2.47. The Morgan fingerprint density at radius 3 is 2.78 bits per heavy atom. The zero-order valence-corrected chi connectivity index (χ0v) is 10.8. The number of urea groups is 1. The second-order valence-corrected chi connectivity index (χ2v) is 5.60. The van der Waals surface area contributed by atoms with Crippen LogP contribution in [0.5, 0.6) is 0 Å². The van der Waals surface area contributed by atoms with E-state index in [1.54, 1.807) is 0 Å². The van der Waals surface area contributed by atoms with Crippen LogP contribution in [-0.2, 0) is 12.8 Å². The predicted octanol–water partition coefficient (Wildman–Crippen LogP) is 3.10. The molecule has 1 aromatic rings. The molecule has 2 amide bonds. The summed E-state index contributed by atoms with van der Waals surface area (Å²) in [6.07, 6.45) is 5.90. The van der Waals surface area contributed by atoms with Gasteiger partial charge in [0.15, 0.2) is 0 Å². The van der Waals surface area contributed by atoms with Gasteiger partial charge in [0.2, 0.25) is 0 Å². The van der Waals surface area contributed by atoms with Crippen molar-refractivity contribution < 1.29 is 4.79 Å². The normalized spacial score (nSPS) is 25.2. The van der Waals surface area contributed by atoms with Crippen LogP contribution in [0.15, 0.2) is 18.2 Å². The maximum absolute atomic E-state index is 11.8. The van der Waals surface area contributed by atoms with Crippen LogP contribution in [0.25, 0.3) is 0 Å². The van der Waals surface area contributed by atoms with E-state index in [0.29, 0.717) is 12.0 Å². The van der Waals surface area contributed by atoms with Crippen molar-refractivity contribution in [2.24, 2.45) is 5.92 Å². The highest BCUT2D eigenvalue weighted by Gasteiger charge is 2.27. The summed E-state index contributed by atoms with van der Waals surface area (Å²) in [5, 5.41) is 5.97. The topological polar surface area (TPSA) is 41.1 Å². The standard InChI is InChI=1S/C15H20N2O/c1-10-5-8-14(10)17-15(18)16-13-7-6-11-3-2-4-12(11)9-13/h6-7,9-10,14H,2-5,8H2,1H3,(H2,16,17,18). The summed E-state index contributed by atoms with van der Waals surface area (Å²) in [6, 6.07) is 6.56. The summed E-state index contributed by atoms with van der Waals surface area (Å²) < 4.78 is 0. The quantitative estimate of drug-likeness (QED) is 0.824. The number of benzene rings is 1. The molecule has 0 bridgehead atoms. The second-order valence-electron chi connectivity index (χ2n) is 5.60. The number of carbonyl (C=O) groups excluding carboxylic acids is 1. The molecule has 2 unspecified atom stereocenters. The van der Waals surface area contributed by atoms with Crippen LogP contribution in [0.2, 0.25) is 0 Å². The monoisotopic (exact) mass is 244 g/mol. The molecule has 2 aliphatic carbocycles. The largest absolute Gasteiger partial charge is 0.335 e. The molecule has 2 N–H and O–H groups in total. The Morgan fingerprint density at radius 1 is 1.22 bits per heavy atom. The average molecular weight is 244 g/mol. The number of nitrogens with one attached hydrogen (secondary N) is 2. The SMILES string of the molecule is CC1CCC1NC(=O)Nc1ccc2c(c1)CCC2. The Hall–Kier alpha value is -1.51. The molecule has 0 saturated heterocycles. The van der Waals surface area contributed by atoms with Crippen molar-refractivity contribution in [3.05, 3.63) is 29.3 Å². The molecule has 0 spiro atoms. The number of rotatable bonds is 2. The Labute approximate surface area is 108 Å². The van der Waals surface area contributed by atoms with E-state index in [2.05, 4.69) is 29.7 Å². The Kier molecular flexibility index (Phi) is 2.98. The number of carbonyl (C=O) groups is 1. The van der Waals surface area contributed by atoms with Crippen LogP contribution in [-0.4, -0.2) is 12.1 Å². The average Bonchev–Trinajstić information content (AvgIpc) is 2.81. The molecule has 96 valence electrons. The zero-order chi connectivity index (χ0) is 12.5. The first kappa shape index (κ1) is 11.6. The highest BCUT2D eigenvalue weighted by Crippen LogP contribution is 2.27. The van der Waals surface area contributed by atoms with E-state index in [1.807, 2.05) is 6.07 Å². The van der Waals surface area contributed by atoms with Gasteiger partial charge in [-0.1, -0.05) is 13.0 Å². The van der Waals surface area contributed by atoms with E-state index in [-0.39, 0.29) is 6.03 Å². The number of hydrogen-bond donors (Lipinski definition) is 2. The third-order valence-electron chi connectivity index (χ3n) is 4.29. The summed E-state index contributed by atoms with van der Waals surface area (Å²) in [5.74, 6) is 0.621. The molecule has 1 aromatic carbocycles. The minimum absolute atomic E-state index is 0.0653. The van der Waals surface area contributed by atoms with Crippen LogP contribution < -0.4 is 10.6 Å². The minimum atomic E-state index is -0.0653. The van der Waals surface area contributed by atoms with Crippen LogP contribution >= 0.6 is 0 Å². The zero-order valence-electron chi connectivity index (χ0n) is 10.8. The smallest absolute Gasteiger partial charge is 0.319 e. The number of anilines is 1. The van der Waals surface area contributed by atoms with Crippen LogP contribution in [0, 0.1) is 5.92 Å². The van der Waals surface area contributed by atoms with E-state index < -0.39 is 0 Å². The highest BCUT2D eigenvalue weighted by atomic mass is 16.2. The van der Waals surface area contributed by atoms with Crippen molar-refractivity contribution >= 4 is 11.7 Å². The number of aryl methyl sites for hydroxylation is 2. The van der Waals surface area contributed by atoms with Gasteiger partial charge < -0.3 is 10.6 Å². The molecule has 0 radical (unpaired) electrons. The fraction of sp³-hybridized carbons (Fsp3) is 0.533. The first-order valence-electron chi connectivity index (χ1n) is 6.92. The fourth-order valence-electron chi connectivity index (χ4n) is 2.87. The first-order chi connectivity index (χ1) is 8.72. The highest BCUT2D eigenvalue weighted by molar-refractivity contribution is 5.89. The van der Waals surface area contributed by atoms with Gasteiger partial charge in [0.25, 0.3) is 0 Å². The maximum atomic E-state index is 11.8. The molecule has 2 atom stereocenters. The summed E-state index contributed by atoms with van der Waals surface area (Å²) in [6.45, 7) is 2.18. The van der Waals surface area contributed by atoms with E-state index in [0.717, 1.165) is 18.5 Å². The van der Waals surface area contributed by atoms with Gasteiger partial charge in [0.05, 0.1) is 0 Å². The van der Waals surface area contributed by atoms with Crippen molar-refractivity contribution in [2.45, 2.75) is 45.1 Å². The first-order valence-corrected chi connectivity index (χ1v) is 6.92. The molecule has 0 aromatic heterocycles. The molecule has 3 heteroatoms. The van der Waals surface area contributed by atoms with Crippen LogP contribution in [0.3, 0.4) is 0 Å². The molecular formula is C15H20N2O. The third-order valence-corrected chi connectivity index (χ3v) is 4.29. The van der Waals surface area contributed by atoms with Gasteiger partial charge in [-0.2, -0.15) is 0 Å². The molecule has 0 aliphatic heterocycles. The molecule has 0 heterocycles. The lowest BCUT2D eigenvalue weighted by Gasteiger charge is -2.34. The van der Waals surface area contributed by atoms with Gasteiger partial charge in [-0.25, -0.2) is 4.79 Å². The van der Waals surface area contributed by atoms with Gasteiger partial charge in [-0.15, -0.1) is 0 Å². The number of hydrogen-bond acceptors (Lipinski definition) is 1. The Morgan fingerprint density at radius 2 is 2.06 bits per heavy atom. The number of fused-ring (bicyclic) bond motifs is 1. The van der Waals surface area contributed by atoms with Gasteiger partial charge in [0, 0.05) is 11.7 Å². The molecular weight excluding hydrogens is 224 g/mol. The molecule has 1 saturated carbocycles. The Balaban J connectivity index is 1.60.